The van der Waals surface area contributed by atoms with E-state index in [0.29, 0.717) is 5.56 Å². The molecule has 1 rings (SSSR count). The predicted molar refractivity (Wildman–Crippen MR) is 86.1 cm³/mol. The third-order valence-electron chi connectivity index (χ3n) is 3.65. The lowest BCUT2D eigenvalue weighted by molar-refractivity contribution is 0.0697. The van der Waals surface area contributed by atoms with E-state index in [1.165, 1.54) is 44.9 Å². The Morgan fingerprint density at radius 3 is 2.19 bits per heavy atom. The van der Waals surface area contributed by atoms with E-state index in [4.69, 9.17) is 9.84 Å². The fraction of sp³-hybridized carbons (Fsp3) is 0.611. The molecule has 0 saturated heterocycles. The van der Waals surface area contributed by atoms with Crippen molar-refractivity contribution in [2.24, 2.45) is 0 Å². The molecule has 0 aliphatic carbocycles. The maximum absolute atomic E-state index is 10.8. The van der Waals surface area contributed by atoms with Crippen molar-refractivity contribution in [3.05, 3.63) is 29.8 Å². The average molecular weight is 292 g/mol. The maximum atomic E-state index is 10.8. The number of benzene rings is 1. The lowest BCUT2D eigenvalue weighted by Gasteiger charge is -2.14. The van der Waals surface area contributed by atoms with E-state index < -0.39 is 5.97 Å². The van der Waals surface area contributed by atoms with Gasteiger partial charge in [0.05, 0.1) is 11.7 Å². The van der Waals surface area contributed by atoms with Gasteiger partial charge in [-0.15, -0.1) is 0 Å². The molecule has 1 aromatic carbocycles. The Kier molecular flexibility index (Phi) is 8.56. The van der Waals surface area contributed by atoms with Crippen molar-refractivity contribution < 1.29 is 14.6 Å². The molecule has 1 N–H and O–H groups in total. The number of rotatable bonds is 11. The van der Waals surface area contributed by atoms with Crippen LogP contribution in [0.4, 0.5) is 0 Å². The number of carbonyl (C=O) groups is 1. The lowest BCUT2D eigenvalue weighted by Crippen LogP contribution is -2.11. The molecule has 21 heavy (non-hydrogen) atoms. The number of unbranched alkanes of at least 4 members (excludes halogenated alkanes) is 6. The van der Waals surface area contributed by atoms with Gasteiger partial charge in [0.15, 0.2) is 0 Å². The lowest BCUT2D eigenvalue weighted by atomic mass is 10.1. The second kappa shape index (κ2) is 10.3. The van der Waals surface area contributed by atoms with Gasteiger partial charge in [-0.1, -0.05) is 45.4 Å². The minimum absolute atomic E-state index is 0.177. The third kappa shape index (κ3) is 7.74. The fourth-order valence-corrected chi connectivity index (χ4v) is 2.36. The van der Waals surface area contributed by atoms with Gasteiger partial charge < -0.3 is 9.84 Å². The second-order valence-electron chi connectivity index (χ2n) is 5.67. The summed E-state index contributed by atoms with van der Waals surface area (Å²) in [6, 6.07) is 6.62. The van der Waals surface area contributed by atoms with Crippen LogP contribution in [0, 0.1) is 0 Å². The smallest absolute Gasteiger partial charge is 0.335 e. The van der Waals surface area contributed by atoms with Gasteiger partial charge >= 0.3 is 5.97 Å². The summed E-state index contributed by atoms with van der Waals surface area (Å²) in [6.45, 7) is 4.31. The summed E-state index contributed by atoms with van der Waals surface area (Å²) in [4.78, 5) is 10.8. The highest BCUT2D eigenvalue weighted by Gasteiger charge is 2.06. The van der Waals surface area contributed by atoms with Crippen LogP contribution in [-0.2, 0) is 0 Å². The summed E-state index contributed by atoms with van der Waals surface area (Å²) in [5, 5.41) is 8.84. The first-order chi connectivity index (χ1) is 10.1. The molecule has 1 unspecified atom stereocenters. The van der Waals surface area contributed by atoms with Gasteiger partial charge in [-0.05, 0) is 44.0 Å². The van der Waals surface area contributed by atoms with Crippen LogP contribution in [0.15, 0.2) is 24.3 Å². The molecule has 0 amide bonds. The van der Waals surface area contributed by atoms with Gasteiger partial charge in [0.2, 0.25) is 0 Å². The number of ether oxygens (including phenoxy) is 1. The Labute approximate surface area is 128 Å². The monoisotopic (exact) mass is 292 g/mol. The SMILES string of the molecule is CCCCCCCCCC(C)Oc1ccc(C(=O)O)cc1. The standard InChI is InChI=1S/C18H28O3/c1-3-4-5-6-7-8-9-10-15(2)21-17-13-11-16(12-14-17)18(19)20/h11-15H,3-10H2,1-2H3,(H,19,20). The summed E-state index contributed by atoms with van der Waals surface area (Å²) < 4.78 is 5.80. The first-order valence-electron chi connectivity index (χ1n) is 8.13. The van der Waals surface area contributed by atoms with Crippen molar-refractivity contribution in [3.63, 3.8) is 0 Å². The van der Waals surface area contributed by atoms with Crippen LogP contribution >= 0.6 is 0 Å². The molecule has 0 fully saturated rings. The Balaban J connectivity index is 2.15. The Morgan fingerprint density at radius 2 is 1.62 bits per heavy atom. The highest BCUT2D eigenvalue weighted by molar-refractivity contribution is 5.87. The summed E-state index contributed by atoms with van der Waals surface area (Å²) >= 11 is 0. The van der Waals surface area contributed by atoms with E-state index in [2.05, 4.69) is 13.8 Å². The highest BCUT2D eigenvalue weighted by Crippen LogP contribution is 2.17. The van der Waals surface area contributed by atoms with Gasteiger partial charge in [0, 0.05) is 0 Å². The molecule has 3 heteroatoms. The maximum Gasteiger partial charge on any atom is 0.335 e. The Hall–Kier alpha value is -1.51. The van der Waals surface area contributed by atoms with E-state index in [1.807, 2.05) is 0 Å². The van der Waals surface area contributed by atoms with E-state index in [0.717, 1.165) is 12.2 Å². The van der Waals surface area contributed by atoms with Crippen LogP contribution in [0.2, 0.25) is 0 Å². The molecular weight excluding hydrogens is 264 g/mol. The second-order valence-corrected chi connectivity index (χ2v) is 5.67. The van der Waals surface area contributed by atoms with E-state index in [1.54, 1.807) is 24.3 Å². The molecule has 118 valence electrons. The number of hydrogen-bond donors (Lipinski definition) is 1. The predicted octanol–water partition coefficient (Wildman–Crippen LogP) is 5.29. The van der Waals surface area contributed by atoms with Crippen molar-refractivity contribution >= 4 is 5.97 Å². The van der Waals surface area contributed by atoms with Gasteiger partial charge in [-0.3, -0.25) is 0 Å². The zero-order valence-corrected chi connectivity index (χ0v) is 13.3. The number of carboxylic acids is 1. The average Bonchev–Trinajstić information content (AvgIpc) is 2.47. The molecule has 0 bridgehead atoms. The fourth-order valence-electron chi connectivity index (χ4n) is 2.36. The number of hydrogen-bond acceptors (Lipinski definition) is 2. The molecule has 0 aliphatic heterocycles. The summed E-state index contributed by atoms with van der Waals surface area (Å²) in [6.07, 6.45) is 10.4. The normalized spacial score (nSPS) is 12.1. The molecule has 0 saturated carbocycles. The molecule has 0 spiro atoms. The summed E-state index contributed by atoms with van der Waals surface area (Å²) in [7, 11) is 0. The first-order valence-corrected chi connectivity index (χ1v) is 8.13. The van der Waals surface area contributed by atoms with Crippen LogP contribution in [0.3, 0.4) is 0 Å². The Morgan fingerprint density at radius 1 is 1.05 bits per heavy atom. The van der Waals surface area contributed by atoms with Gasteiger partial charge in [-0.25, -0.2) is 4.79 Å². The summed E-state index contributed by atoms with van der Waals surface area (Å²) in [5.74, 6) is -0.159. The van der Waals surface area contributed by atoms with Crippen LogP contribution in [0.1, 0.15) is 75.6 Å². The molecule has 3 nitrogen and oxygen atoms in total. The van der Waals surface area contributed by atoms with Crippen LogP contribution in [0.25, 0.3) is 0 Å². The number of carboxylic acid groups (broad SMARTS) is 1. The van der Waals surface area contributed by atoms with E-state index in [-0.39, 0.29) is 6.10 Å². The van der Waals surface area contributed by atoms with E-state index >= 15 is 0 Å². The minimum atomic E-state index is -0.905. The Bertz CT molecular complexity index is 397. The molecule has 0 aliphatic rings. The minimum Gasteiger partial charge on any atom is -0.491 e. The van der Waals surface area contributed by atoms with Gasteiger partial charge in [0.25, 0.3) is 0 Å². The molecule has 0 heterocycles. The molecular formula is C18H28O3. The van der Waals surface area contributed by atoms with Crippen molar-refractivity contribution in [3.8, 4) is 5.75 Å². The zero-order valence-electron chi connectivity index (χ0n) is 13.3. The zero-order chi connectivity index (χ0) is 15.5. The van der Waals surface area contributed by atoms with Crippen LogP contribution < -0.4 is 4.74 Å². The molecule has 1 atom stereocenters. The third-order valence-corrected chi connectivity index (χ3v) is 3.65. The van der Waals surface area contributed by atoms with Crippen molar-refractivity contribution in [1.29, 1.82) is 0 Å². The van der Waals surface area contributed by atoms with Gasteiger partial charge in [0.1, 0.15) is 5.75 Å². The van der Waals surface area contributed by atoms with Crippen molar-refractivity contribution in [1.82, 2.24) is 0 Å². The van der Waals surface area contributed by atoms with E-state index in [9.17, 15) is 4.79 Å². The van der Waals surface area contributed by atoms with Crippen molar-refractivity contribution in [2.45, 2.75) is 71.3 Å². The largest absolute Gasteiger partial charge is 0.491 e. The first kappa shape index (κ1) is 17.5. The number of aromatic carboxylic acids is 1. The topological polar surface area (TPSA) is 46.5 Å². The summed E-state index contributed by atoms with van der Waals surface area (Å²) in [5.41, 5.74) is 0.294. The molecule has 0 radical (unpaired) electrons. The van der Waals surface area contributed by atoms with Crippen LogP contribution in [0.5, 0.6) is 5.75 Å². The highest BCUT2D eigenvalue weighted by atomic mass is 16.5. The van der Waals surface area contributed by atoms with Crippen molar-refractivity contribution in [2.75, 3.05) is 0 Å². The molecule has 1 aromatic rings. The molecule has 0 aromatic heterocycles. The quantitative estimate of drug-likeness (QED) is 0.563. The van der Waals surface area contributed by atoms with Gasteiger partial charge in [-0.2, -0.15) is 0 Å². The van der Waals surface area contributed by atoms with Crippen LogP contribution in [-0.4, -0.2) is 17.2 Å².